The Hall–Kier alpha value is -1.10. The van der Waals surface area contributed by atoms with Crippen molar-refractivity contribution < 1.29 is 14.3 Å². The SMILES string of the molecule is CCOC(=O)[C@H](C)NCC1(c2ccccc2Cl)CCOCC1. The third-order valence-corrected chi connectivity index (χ3v) is 4.61. The molecule has 0 aromatic heterocycles. The second-order valence-corrected chi connectivity index (χ2v) is 6.13. The number of hydrogen-bond donors (Lipinski definition) is 1. The maximum atomic E-state index is 11.8. The van der Waals surface area contributed by atoms with Crippen LogP contribution >= 0.6 is 11.6 Å². The van der Waals surface area contributed by atoms with Crippen molar-refractivity contribution in [2.45, 2.75) is 38.1 Å². The largest absolute Gasteiger partial charge is 0.465 e. The molecule has 4 nitrogen and oxygen atoms in total. The van der Waals surface area contributed by atoms with E-state index in [9.17, 15) is 4.79 Å². The molecular weight excluding hydrogens is 302 g/mol. The maximum absolute atomic E-state index is 11.8. The second-order valence-electron chi connectivity index (χ2n) is 5.73. The first kappa shape index (κ1) is 17.3. The van der Waals surface area contributed by atoms with Crippen LogP contribution in [0.15, 0.2) is 24.3 Å². The number of rotatable bonds is 6. The van der Waals surface area contributed by atoms with E-state index in [0.717, 1.165) is 23.4 Å². The average Bonchev–Trinajstić information content (AvgIpc) is 2.54. The summed E-state index contributed by atoms with van der Waals surface area (Å²) >= 11 is 6.41. The zero-order valence-corrected chi connectivity index (χ0v) is 14.0. The van der Waals surface area contributed by atoms with Gasteiger partial charge in [-0.15, -0.1) is 0 Å². The minimum atomic E-state index is -0.331. The third-order valence-electron chi connectivity index (χ3n) is 4.28. The van der Waals surface area contributed by atoms with E-state index in [0.29, 0.717) is 26.4 Å². The van der Waals surface area contributed by atoms with Gasteiger partial charge >= 0.3 is 5.97 Å². The molecule has 0 radical (unpaired) electrons. The van der Waals surface area contributed by atoms with Gasteiger partial charge in [-0.2, -0.15) is 0 Å². The van der Waals surface area contributed by atoms with Gasteiger partial charge in [-0.05, 0) is 38.3 Å². The molecule has 0 saturated carbocycles. The first-order chi connectivity index (χ1) is 10.6. The van der Waals surface area contributed by atoms with Gasteiger partial charge in [0.15, 0.2) is 0 Å². The molecule has 122 valence electrons. The van der Waals surface area contributed by atoms with Crippen LogP contribution in [0.25, 0.3) is 0 Å². The summed E-state index contributed by atoms with van der Waals surface area (Å²) in [6.07, 6.45) is 1.78. The predicted octanol–water partition coefficient (Wildman–Crippen LogP) is 2.93. The van der Waals surface area contributed by atoms with Crippen molar-refractivity contribution in [3.05, 3.63) is 34.9 Å². The number of carbonyl (C=O) groups excluding carboxylic acids is 1. The molecule has 1 atom stereocenters. The van der Waals surface area contributed by atoms with Crippen LogP contribution < -0.4 is 5.32 Å². The van der Waals surface area contributed by atoms with Crippen LogP contribution in [0.1, 0.15) is 32.3 Å². The summed E-state index contributed by atoms with van der Waals surface area (Å²) in [5.41, 5.74) is 1.03. The molecule has 0 amide bonds. The Bertz CT molecular complexity index is 500. The predicted molar refractivity (Wildman–Crippen MR) is 87.3 cm³/mol. The van der Waals surface area contributed by atoms with E-state index in [2.05, 4.69) is 11.4 Å². The number of esters is 1. The second kappa shape index (κ2) is 7.95. The standard InChI is InChI=1S/C17H24ClNO3/c1-3-22-16(20)13(2)19-12-17(8-10-21-11-9-17)14-6-4-5-7-15(14)18/h4-7,13,19H,3,8-12H2,1-2H3/t13-/m0/s1. The summed E-state index contributed by atoms with van der Waals surface area (Å²) < 4.78 is 10.6. The van der Waals surface area contributed by atoms with Gasteiger partial charge in [0, 0.05) is 30.2 Å². The van der Waals surface area contributed by atoms with E-state index in [4.69, 9.17) is 21.1 Å². The molecule has 1 saturated heterocycles. The number of carbonyl (C=O) groups is 1. The van der Waals surface area contributed by atoms with E-state index >= 15 is 0 Å². The van der Waals surface area contributed by atoms with Crippen molar-refractivity contribution >= 4 is 17.6 Å². The fourth-order valence-electron chi connectivity index (χ4n) is 2.89. The lowest BCUT2D eigenvalue weighted by Gasteiger charge is -2.39. The van der Waals surface area contributed by atoms with E-state index in [1.807, 2.05) is 32.0 Å². The average molecular weight is 326 g/mol. The molecule has 5 heteroatoms. The fraction of sp³-hybridized carbons (Fsp3) is 0.588. The van der Waals surface area contributed by atoms with Crippen molar-refractivity contribution in [2.75, 3.05) is 26.4 Å². The highest BCUT2D eigenvalue weighted by molar-refractivity contribution is 6.31. The van der Waals surface area contributed by atoms with Crippen LogP contribution in [0.2, 0.25) is 5.02 Å². The molecule has 1 fully saturated rings. The summed E-state index contributed by atoms with van der Waals surface area (Å²) in [6, 6.07) is 7.61. The molecule has 1 N–H and O–H groups in total. The van der Waals surface area contributed by atoms with Gasteiger partial charge < -0.3 is 14.8 Å². The van der Waals surface area contributed by atoms with E-state index < -0.39 is 0 Å². The monoisotopic (exact) mass is 325 g/mol. The van der Waals surface area contributed by atoms with Crippen molar-refractivity contribution in [1.29, 1.82) is 0 Å². The first-order valence-corrected chi connectivity index (χ1v) is 8.19. The number of hydrogen-bond acceptors (Lipinski definition) is 4. The zero-order valence-electron chi connectivity index (χ0n) is 13.2. The molecule has 1 aromatic carbocycles. The smallest absolute Gasteiger partial charge is 0.322 e. The number of nitrogens with one attached hydrogen (secondary N) is 1. The van der Waals surface area contributed by atoms with Gasteiger partial charge in [-0.1, -0.05) is 29.8 Å². The Morgan fingerprint density at radius 1 is 1.41 bits per heavy atom. The van der Waals surface area contributed by atoms with Crippen LogP contribution in [0.5, 0.6) is 0 Å². The summed E-state index contributed by atoms with van der Waals surface area (Å²) in [5.74, 6) is -0.219. The van der Waals surface area contributed by atoms with E-state index in [1.165, 1.54) is 0 Å². The third kappa shape index (κ3) is 4.00. The van der Waals surface area contributed by atoms with Gasteiger partial charge in [0.1, 0.15) is 6.04 Å². The molecule has 22 heavy (non-hydrogen) atoms. The van der Waals surface area contributed by atoms with Crippen molar-refractivity contribution in [3.63, 3.8) is 0 Å². The Labute approximate surface area is 137 Å². The van der Waals surface area contributed by atoms with Crippen molar-refractivity contribution in [2.24, 2.45) is 0 Å². The van der Waals surface area contributed by atoms with Gasteiger partial charge in [0.25, 0.3) is 0 Å². The Kier molecular flexibility index (Phi) is 6.24. The van der Waals surface area contributed by atoms with Crippen molar-refractivity contribution in [1.82, 2.24) is 5.32 Å². The van der Waals surface area contributed by atoms with E-state index in [-0.39, 0.29) is 17.4 Å². The summed E-state index contributed by atoms with van der Waals surface area (Å²) in [4.78, 5) is 11.8. The van der Waals surface area contributed by atoms with Crippen LogP contribution in [-0.2, 0) is 19.7 Å². The Balaban J connectivity index is 2.13. The number of benzene rings is 1. The maximum Gasteiger partial charge on any atom is 0.322 e. The highest BCUT2D eigenvalue weighted by atomic mass is 35.5. The minimum Gasteiger partial charge on any atom is -0.465 e. The number of ether oxygens (including phenoxy) is 2. The molecular formula is C17H24ClNO3. The van der Waals surface area contributed by atoms with Gasteiger partial charge in [0.05, 0.1) is 6.61 Å². The molecule has 1 aromatic rings. The quantitative estimate of drug-likeness (QED) is 0.817. The van der Waals surface area contributed by atoms with Crippen LogP contribution in [0, 0.1) is 0 Å². The molecule has 1 heterocycles. The van der Waals surface area contributed by atoms with Gasteiger partial charge in [0.2, 0.25) is 0 Å². The lowest BCUT2D eigenvalue weighted by atomic mass is 9.74. The van der Waals surface area contributed by atoms with Gasteiger partial charge in [-0.25, -0.2) is 0 Å². The highest BCUT2D eigenvalue weighted by Gasteiger charge is 2.36. The fourth-order valence-corrected chi connectivity index (χ4v) is 3.23. The van der Waals surface area contributed by atoms with Crippen LogP contribution in [-0.4, -0.2) is 38.4 Å². The van der Waals surface area contributed by atoms with E-state index in [1.54, 1.807) is 0 Å². The summed E-state index contributed by atoms with van der Waals surface area (Å²) in [6.45, 7) is 6.14. The molecule has 2 rings (SSSR count). The molecule has 0 aliphatic carbocycles. The zero-order chi connectivity index (χ0) is 16.0. The van der Waals surface area contributed by atoms with Crippen LogP contribution in [0.3, 0.4) is 0 Å². The van der Waals surface area contributed by atoms with Crippen LogP contribution in [0.4, 0.5) is 0 Å². The molecule has 0 spiro atoms. The first-order valence-electron chi connectivity index (χ1n) is 7.82. The lowest BCUT2D eigenvalue weighted by molar-refractivity contribution is -0.145. The molecule has 1 aliphatic heterocycles. The molecule has 0 unspecified atom stereocenters. The Morgan fingerprint density at radius 3 is 2.73 bits per heavy atom. The highest BCUT2D eigenvalue weighted by Crippen LogP contribution is 2.38. The lowest BCUT2D eigenvalue weighted by Crippen LogP contribution is -2.47. The number of halogens is 1. The minimum absolute atomic E-state index is 0.0999. The molecule has 1 aliphatic rings. The van der Waals surface area contributed by atoms with Crippen molar-refractivity contribution in [3.8, 4) is 0 Å². The Morgan fingerprint density at radius 2 is 2.09 bits per heavy atom. The normalized spacial score (nSPS) is 18.7. The van der Waals surface area contributed by atoms with Gasteiger partial charge in [-0.3, -0.25) is 4.79 Å². The summed E-state index contributed by atoms with van der Waals surface area (Å²) in [5, 5.41) is 4.09. The molecule has 0 bridgehead atoms. The summed E-state index contributed by atoms with van der Waals surface area (Å²) in [7, 11) is 0. The topological polar surface area (TPSA) is 47.6 Å².